The van der Waals surface area contributed by atoms with Crippen LogP contribution in [-0.4, -0.2) is 26.1 Å². The number of hydrogen-bond acceptors (Lipinski definition) is 4. The number of nitrogens with one attached hydrogen (secondary N) is 1. The van der Waals surface area contributed by atoms with Crippen molar-refractivity contribution in [3.63, 3.8) is 0 Å². The number of fused-ring (bicyclic) bond motifs is 1. The van der Waals surface area contributed by atoms with E-state index in [0.29, 0.717) is 28.6 Å². The highest BCUT2D eigenvalue weighted by molar-refractivity contribution is 6.30. The summed E-state index contributed by atoms with van der Waals surface area (Å²) in [4.78, 5) is 31.9. The van der Waals surface area contributed by atoms with Crippen LogP contribution in [0.2, 0.25) is 5.02 Å². The summed E-state index contributed by atoms with van der Waals surface area (Å²) in [5.41, 5.74) is 1.47. The molecule has 0 bridgehead atoms. The van der Waals surface area contributed by atoms with E-state index in [-0.39, 0.29) is 35.0 Å². The summed E-state index contributed by atoms with van der Waals surface area (Å²) in [5, 5.41) is 3.55. The molecule has 4 aromatic rings. The normalized spacial score (nSPS) is 11.3. The number of aromatic nitrogens is 3. The second-order valence-electron chi connectivity index (χ2n) is 8.47. The van der Waals surface area contributed by atoms with Gasteiger partial charge in [-0.2, -0.15) is 0 Å². The average Bonchev–Trinajstić information content (AvgIpc) is 3.07. The SMILES string of the molecule is CCc1nc2c(c(OC(C)C)c(C(=O)Nc3ccc(F)cc3)n2C)c(=O)n1Cc1cccc(Cl)c1. The van der Waals surface area contributed by atoms with Crippen molar-refractivity contribution in [2.24, 2.45) is 7.05 Å². The number of ether oxygens (including phenoxy) is 1. The Labute approximate surface area is 207 Å². The molecule has 35 heavy (non-hydrogen) atoms. The van der Waals surface area contributed by atoms with Gasteiger partial charge in [0.05, 0.1) is 12.6 Å². The zero-order valence-electron chi connectivity index (χ0n) is 19.9. The molecule has 4 rings (SSSR count). The molecule has 0 radical (unpaired) electrons. The number of carbonyl (C=O) groups is 1. The first-order valence-corrected chi connectivity index (χ1v) is 11.7. The summed E-state index contributed by atoms with van der Waals surface area (Å²) in [6.07, 6.45) is 0.207. The first kappa shape index (κ1) is 24.5. The molecule has 2 heterocycles. The Morgan fingerprint density at radius 3 is 2.54 bits per heavy atom. The van der Waals surface area contributed by atoms with E-state index >= 15 is 0 Å². The van der Waals surface area contributed by atoms with Crippen molar-refractivity contribution in [3.8, 4) is 5.75 Å². The minimum Gasteiger partial charge on any atom is -0.488 e. The molecule has 2 aromatic carbocycles. The lowest BCUT2D eigenvalue weighted by Crippen LogP contribution is -2.26. The molecule has 0 fully saturated rings. The predicted molar refractivity (Wildman–Crippen MR) is 135 cm³/mol. The Kier molecular flexibility index (Phi) is 6.93. The maximum atomic E-state index is 13.8. The van der Waals surface area contributed by atoms with E-state index in [9.17, 15) is 14.0 Å². The second kappa shape index (κ2) is 9.92. The largest absolute Gasteiger partial charge is 0.488 e. The van der Waals surface area contributed by atoms with Gasteiger partial charge in [-0.3, -0.25) is 14.2 Å². The molecule has 0 aliphatic rings. The van der Waals surface area contributed by atoms with Crippen LogP contribution in [0.25, 0.3) is 11.0 Å². The van der Waals surface area contributed by atoms with Crippen LogP contribution in [0.15, 0.2) is 53.3 Å². The number of halogens is 2. The molecule has 0 saturated carbocycles. The van der Waals surface area contributed by atoms with E-state index < -0.39 is 11.7 Å². The molecule has 0 spiro atoms. The van der Waals surface area contributed by atoms with Crippen molar-refractivity contribution < 1.29 is 13.9 Å². The number of nitrogens with zero attached hydrogens (tertiary/aromatic N) is 3. The van der Waals surface area contributed by atoms with Gasteiger partial charge >= 0.3 is 0 Å². The fourth-order valence-electron chi connectivity index (χ4n) is 3.98. The zero-order valence-corrected chi connectivity index (χ0v) is 20.7. The van der Waals surface area contributed by atoms with Crippen LogP contribution in [-0.2, 0) is 20.0 Å². The van der Waals surface area contributed by atoms with Gasteiger partial charge in [-0.15, -0.1) is 0 Å². The lowest BCUT2D eigenvalue weighted by Gasteiger charge is -2.13. The summed E-state index contributed by atoms with van der Waals surface area (Å²) in [6, 6.07) is 12.7. The van der Waals surface area contributed by atoms with Crippen LogP contribution in [0.1, 0.15) is 42.6 Å². The molecule has 0 atom stereocenters. The third-order valence-electron chi connectivity index (χ3n) is 5.54. The van der Waals surface area contributed by atoms with E-state index in [1.165, 1.54) is 24.3 Å². The van der Waals surface area contributed by atoms with E-state index in [0.717, 1.165) is 5.56 Å². The van der Waals surface area contributed by atoms with Gasteiger partial charge in [-0.25, -0.2) is 9.37 Å². The van der Waals surface area contributed by atoms with Crippen LogP contribution in [0.3, 0.4) is 0 Å². The Balaban J connectivity index is 1.90. The summed E-state index contributed by atoms with van der Waals surface area (Å²) >= 11 is 6.14. The smallest absolute Gasteiger partial charge is 0.276 e. The molecule has 9 heteroatoms. The average molecular weight is 497 g/mol. The Morgan fingerprint density at radius 2 is 1.91 bits per heavy atom. The number of benzene rings is 2. The van der Waals surface area contributed by atoms with Gasteiger partial charge in [-0.1, -0.05) is 30.7 Å². The van der Waals surface area contributed by atoms with E-state index in [1.807, 2.05) is 32.9 Å². The van der Waals surface area contributed by atoms with Gasteiger partial charge in [-0.05, 0) is 55.8 Å². The third-order valence-corrected chi connectivity index (χ3v) is 5.78. The van der Waals surface area contributed by atoms with E-state index in [1.54, 1.807) is 28.3 Å². The molecular weight excluding hydrogens is 471 g/mol. The highest BCUT2D eigenvalue weighted by Crippen LogP contribution is 2.31. The van der Waals surface area contributed by atoms with E-state index in [4.69, 9.17) is 21.3 Å². The minimum absolute atomic E-state index is 0.158. The van der Waals surface area contributed by atoms with Gasteiger partial charge in [0.2, 0.25) is 0 Å². The standard InChI is InChI=1S/C26H26ClFN4O3/c1-5-20-30-24-21(26(34)32(20)14-16-7-6-8-17(27)13-16)23(35-15(2)3)22(31(24)4)25(33)29-19-11-9-18(28)10-12-19/h6-13,15H,5,14H2,1-4H3,(H,29,33). The maximum absolute atomic E-state index is 13.8. The number of anilines is 1. The molecule has 1 amide bonds. The van der Waals surface area contributed by atoms with Crippen LogP contribution >= 0.6 is 11.6 Å². The van der Waals surface area contributed by atoms with Crippen molar-refractivity contribution in [2.75, 3.05) is 5.32 Å². The van der Waals surface area contributed by atoms with Crippen molar-refractivity contribution >= 4 is 34.2 Å². The molecule has 0 unspecified atom stereocenters. The Morgan fingerprint density at radius 1 is 1.20 bits per heavy atom. The summed E-state index contributed by atoms with van der Waals surface area (Å²) in [6.45, 7) is 5.83. The fourth-order valence-corrected chi connectivity index (χ4v) is 4.20. The molecule has 1 N–H and O–H groups in total. The number of aryl methyl sites for hydroxylation is 2. The van der Waals surface area contributed by atoms with Gasteiger partial charge in [0.1, 0.15) is 17.0 Å². The monoisotopic (exact) mass is 496 g/mol. The quantitative estimate of drug-likeness (QED) is 0.382. The number of carbonyl (C=O) groups excluding carboxylic acids is 1. The molecular formula is C26H26ClFN4O3. The summed E-state index contributed by atoms with van der Waals surface area (Å²) in [7, 11) is 1.67. The van der Waals surface area contributed by atoms with Gasteiger partial charge in [0, 0.05) is 24.2 Å². The van der Waals surface area contributed by atoms with Crippen LogP contribution in [0.5, 0.6) is 5.75 Å². The number of amides is 1. The highest BCUT2D eigenvalue weighted by atomic mass is 35.5. The molecule has 7 nitrogen and oxygen atoms in total. The molecule has 0 aliphatic heterocycles. The number of rotatable bonds is 7. The number of hydrogen-bond donors (Lipinski definition) is 1. The predicted octanol–water partition coefficient (Wildman–Crippen LogP) is 5.18. The van der Waals surface area contributed by atoms with Crippen LogP contribution < -0.4 is 15.6 Å². The first-order valence-electron chi connectivity index (χ1n) is 11.3. The van der Waals surface area contributed by atoms with Gasteiger partial charge in [0.25, 0.3) is 11.5 Å². The second-order valence-corrected chi connectivity index (χ2v) is 8.90. The Hall–Kier alpha value is -3.65. The molecule has 0 aliphatic carbocycles. The summed E-state index contributed by atoms with van der Waals surface area (Å²) < 4.78 is 22.5. The first-order chi connectivity index (χ1) is 16.7. The lowest BCUT2D eigenvalue weighted by atomic mass is 10.2. The Bertz CT molecular complexity index is 1460. The van der Waals surface area contributed by atoms with Crippen molar-refractivity contribution in [3.05, 3.63) is 86.8 Å². The van der Waals surface area contributed by atoms with Crippen molar-refractivity contribution in [2.45, 2.75) is 39.8 Å². The van der Waals surface area contributed by atoms with Crippen molar-refractivity contribution in [1.82, 2.24) is 14.1 Å². The minimum atomic E-state index is -0.494. The van der Waals surface area contributed by atoms with E-state index in [2.05, 4.69) is 5.32 Å². The van der Waals surface area contributed by atoms with Crippen LogP contribution in [0.4, 0.5) is 10.1 Å². The van der Waals surface area contributed by atoms with Gasteiger partial charge in [0.15, 0.2) is 17.1 Å². The maximum Gasteiger partial charge on any atom is 0.276 e. The molecule has 0 saturated heterocycles. The summed E-state index contributed by atoms with van der Waals surface area (Å²) in [5.74, 6) is -0.165. The topological polar surface area (TPSA) is 78.2 Å². The van der Waals surface area contributed by atoms with Gasteiger partial charge < -0.3 is 14.6 Å². The zero-order chi connectivity index (χ0) is 25.3. The highest BCUT2D eigenvalue weighted by Gasteiger charge is 2.28. The molecule has 182 valence electrons. The lowest BCUT2D eigenvalue weighted by molar-refractivity contribution is 0.101. The third kappa shape index (κ3) is 4.93. The van der Waals surface area contributed by atoms with Crippen LogP contribution in [0, 0.1) is 5.82 Å². The van der Waals surface area contributed by atoms with Crippen molar-refractivity contribution in [1.29, 1.82) is 0 Å². The fraction of sp³-hybridized carbons (Fsp3) is 0.269. The molecule has 2 aromatic heterocycles.